The Morgan fingerprint density at radius 3 is 2.62 bits per heavy atom. The zero-order valence-corrected chi connectivity index (χ0v) is 11.1. The van der Waals surface area contributed by atoms with Crippen LogP contribution in [0.15, 0.2) is 6.33 Å². The summed E-state index contributed by atoms with van der Waals surface area (Å²) in [7, 11) is 0. The van der Waals surface area contributed by atoms with Crippen LogP contribution < -0.4 is 4.74 Å². The molecule has 1 rings (SSSR count). The summed E-state index contributed by atoms with van der Waals surface area (Å²) in [6, 6.07) is 0. The van der Waals surface area contributed by atoms with Crippen LogP contribution in [0.2, 0.25) is 0 Å². The smallest absolute Gasteiger partial charge is 0.219 e. The van der Waals surface area contributed by atoms with Crippen LogP contribution in [-0.2, 0) is 0 Å². The number of nitrogens with zero attached hydrogens (tertiary/aromatic N) is 2. The molecule has 1 aromatic heterocycles. The Kier molecular flexibility index (Phi) is 5.00. The number of hydrogen-bond donors (Lipinski definition) is 0. The molecule has 0 fully saturated rings. The van der Waals surface area contributed by atoms with E-state index in [0.717, 1.165) is 17.7 Å². The fourth-order valence-corrected chi connectivity index (χ4v) is 1.83. The minimum Gasteiger partial charge on any atom is -0.478 e. The molecule has 0 aromatic carbocycles. The summed E-state index contributed by atoms with van der Waals surface area (Å²) >= 11 is 6.25. The van der Waals surface area contributed by atoms with E-state index >= 15 is 0 Å². The summed E-state index contributed by atoms with van der Waals surface area (Å²) < 4.78 is 5.45. The van der Waals surface area contributed by atoms with Gasteiger partial charge in [0.15, 0.2) is 0 Å². The van der Waals surface area contributed by atoms with Crippen molar-refractivity contribution in [1.29, 1.82) is 0 Å². The van der Waals surface area contributed by atoms with Gasteiger partial charge in [-0.1, -0.05) is 13.8 Å². The zero-order chi connectivity index (χ0) is 12.1. The lowest BCUT2D eigenvalue weighted by molar-refractivity contribution is 0.322. The molecule has 0 radical (unpaired) electrons. The lowest BCUT2D eigenvalue weighted by atomic mass is 9.98. The molecule has 0 N–H and O–H groups in total. The minimum atomic E-state index is 0.100. The van der Waals surface area contributed by atoms with Crippen molar-refractivity contribution in [2.24, 2.45) is 0 Å². The molecular weight excluding hydrogens is 224 g/mol. The fraction of sp³-hybridized carbons (Fsp3) is 0.667. The molecular formula is C12H19ClN2O. The van der Waals surface area contributed by atoms with Gasteiger partial charge in [-0.25, -0.2) is 9.97 Å². The highest BCUT2D eigenvalue weighted by molar-refractivity contribution is 6.21. The van der Waals surface area contributed by atoms with E-state index in [4.69, 9.17) is 16.3 Å². The third-order valence-corrected chi connectivity index (χ3v) is 3.41. The molecule has 1 aromatic rings. The summed E-state index contributed by atoms with van der Waals surface area (Å²) in [5, 5.41) is 0.100. The first-order valence-corrected chi connectivity index (χ1v) is 6.13. The van der Waals surface area contributed by atoms with Gasteiger partial charge in [0.1, 0.15) is 6.33 Å². The number of alkyl halides is 1. The highest BCUT2D eigenvalue weighted by Gasteiger charge is 2.20. The number of rotatable bonds is 5. The zero-order valence-electron chi connectivity index (χ0n) is 10.3. The van der Waals surface area contributed by atoms with Gasteiger partial charge in [0.2, 0.25) is 5.88 Å². The van der Waals surface area contributed by atoms with E-state index in [9.17, 15) is 0 Å². The fourth-order valence-electron chi connectivity index (χ4n) is 1.71. The second-order valence-corrected chi connectivity index (χ2v) is 4.40. The predicted molar refractivity (Wildman–Crippen MR) is 66.3 cm³/mol. The van der Waals surface area contributed by atoms with Crippen LogP contribution in [-0.4, -0.2) is 22.0 Å². The van der Waals surface area contributed by atoms with Crippen LogP contribution in [0, 0.1) is 6.92 Å². The third-order valence-electron chi connectivity index (χ3n) is 2.72. The van der Waals surface area contributed by atoms with Crippen LogP contribution in [0.25, 0.3) is 0 Å². The average molecular weight is 243 g/mol. The molecule has 0 saturated heterocycles. The van der Waals surface area contributed by atoms with Gasteiger partial charge >= 0.3 is 0 Å². The van der Waals surface area contributed by atoms with Gasteiger partial charge in [0.25, 0.3) is 0 Å². The molecule has 0 bridgehead atoms. The van der Waals surface area contributed by atoms with E-state index in [1.807, 2.05) is 13.8 Å². The molecule has 2 atom stereocenters. The van der Waals surface area contributed by atoms with E-state index in [0.29, 0.717) is 12.5 Å². The first-order chi connectivity index (χ1) is 7.61. The molecule has 1 heterocycles. The number of hydrogen-bond acceptors (Lipinski definition) is 3. The lowest BCUT2D eigenvalue weighted by Crippen LogP contribution is -2.13. The topological polar surface area (TPSA) is 35.0 Å². The maximum atomic E-state index is 6.25. The van der Waals surface area contributed by atoms with E-state index in [-0.39, 0.29) is 11.3 Å². The van der Waals surface area contributed by atoms with Crippen molar-refractivity contribution in [3.63, 3.8) is 0 Å². The van der Waals surface area contributed by atoms with Crippen LogP contribution >= 0.6 is 11.6 Å². The SMILES string of the molecule is CCOc1ncnc(C(C)C(Cl)CC)c1C. The normalized spacial score (nSPS) is 14.6. The Hall–Kier alpha value is -0.830. The molecule has 16 heavy (non-hydrogen) atoms. The van der Waals surface area contributed by atoms with Crippen molar-refractivity contribution >= 4 is 11.6 Å². The number of halogens is 1. The highest BCUT2D eigenvalue weighted by Crippen LogP contribution is 2.29. The molecule has 0 aliphatic heterocycles. The van der Waals surface area contributed by atoms with Gasteiger partial charge in [-0.3, -0.25) is 0 Å². The molecule has 90 valence electrons. The van der Waals surface area contributed by atoms with Crippen molar-refractivity contribution in [2.45, 2.75) is 45.4 Å². The van der Waals surface area contributed by atoms with Crippen LogP contribution in [0.1, 0.15) is 44.4 Å². The minimum absolute atomic E-state index is 0.100. The number of aromatic nitrogens is 2. The molecule has 0 amide bonds. The molecule has 3 nitrogen and oxygen atoms in total. The first kappa shape index (κ1) is 13.2. The van der Waals surface area contributed by atoms with Crippen molar-refractivity contribution in [3.8, 4) is 5.88 Å². The van der Waals surface area contributed by atoms with E-state index < -0.39 is 0 Å². The summed E-state index contributed by atoms with van der Waals surface area (Å²) in [4.78, 5) is 8.43. The van der Waals surface area contributed by atoms with Gasteiger partial charge in [-0.05, 0) is 20.3 Å². The molecule has 0 spiro atoms. The second-order valence-electron chi connectivity index (χ2n) is 3.83. The predicted octanol–water partition coefficient (Wildman–Crippen LogP) is 3.30. The van der Waals surface area contributed by atoms with Gasteiger partial charge < -0.3 is 4.74 Å². The molecule has 0 aliphatic rings. The highest BCUT2D eigenvalue weighted by atomic mass is 35.5. The Morgan fingerprint density at radius 2 is 2.06 bits per heavy atom. The number of ether oxygens (including phenoxy) is 1. The van der Waals surface area contributed by atoms with Crippen LogP contribution in [0.4, 0.5) is 0 Å². The van der Waals surface area contributed by atoms with Gasteiger partial charge in [-0.2, -0.15) is 0 Å². The molecule has 4 heteroatoms. The van der Waals surface area contributed by atoms with Crippen molar-refractivity contribution < 1.29 is 4.74 Å². The Labute approximate surface area is 102 Å². The summed E-state index contributed by atoms with van der Waals surface area (Å²) in [6.45, 7) is 8.71. The second kappa shape index (κ2) is 6.04. The monoisotopic (exact) mass is 242 g/mol. The quantitative estimate of drug-likeness (QED) is 0.743. The van der Waals surface area contributed by atoms with E-state index in [2.05, 4.69) is 23.8 Å². The molecule has 0 aliphatic carbocycles. The third kappa shape index (κ3) is 2.85. The summed E-state index contributed by atoms with van der Waals surface area (Å²) in [5.74, 6) is 0.883. The maximum absolute atomic E-state index is 6.25. The van der Waals surface area contributed by atoms with E-state index in [1.54, 1.807) is 6.33 Å². The molecule has 0 saturated carbocycles. The van der Waals surface area contributed by atoms with Crippen LogP contribution in [0.3, 0.4) is 0 Å². The van der Waals surface area contributed by atoms with Crippen molar-refractivity contribution in [3.05, 3.63) is 17.6 Å². The Balaban J connectivity index is 3.00. The summed E-state index contributed by atoms with van der Waals surface area (Å²) in [5.41, 5.74) is 1.98. The summed E-state index contributed by atoms with van der Waals surface area (Å²) in [6.07, 6.45) is 2.47. The first-order valence-electron chi connectivity index (χ1n) is 5.70. The van der Waals surface area contributed by atoms with Gasteiger partial charge in [0, 0.05) is 16.9 Å². The maximum Gasteiger partial charge on any atom is 0.219 e. The largest absolute Gasteiger partial charge is 0.478 e. The average Bonchev–Trinajstić information content (AvgIpc) is 2.30. The molecule has 2 unspecified atom stereocenters. The Bertz CT molecular complexity index is 344. The van der Waals surface area contributed by atoms with Crippen molar-refractivity contribution in [2.75, 3.05) is 6.61 Å². The van der Waals surface area contributed by atoms with E-state index in [1.165, 1.54) is 0 Å². The van der Waals surface area contributed by atoms with Crippen LogP contribution in [0.5, 0.6) is 5.88 Å². The van der Waals surface area contributed by atoms with Gasteiger partial charge in [-0.15, -0.1) is 11.6 Å². The van der Waals surface area contributed by atoms with Gasteiger partial charge in [0.05, 0.1) is 12.3 Å². The standard InChI is InChI=1S/C12H19ClN2O/c1-5-10(13)8(3)11-9(4)12(16-6-2)15-7-14-11/h7-8,10H,5-6H2,1-4H3. The lowest BCUT2D eigenvalue weighted by Gasteiger charge is -2.18. The van der Waals surface area contributed by atoms with Crippen molar-refractivity contribution in [1.82, 2.24) is 9.97 Å². The Morgan fingerprint density at radius 1 is 1.38 bits per heavy atom.